The molecule has 0 atom stereocenters. The van der Waals surface area contributed by atoms with Gasteiger partial charge in [-0.05, 0) is 0 Å². The van der Waals surface area contributed by atoms with Crippen LogP contribution in [0.4, 0.5) is 0 Å². The van der Waals surface area contributed by atoms with E-state index >= 15 is 0 Å². The maximum absolute atomic E-state index is 7.51. The second kappa shape index (κ2) is 6.14. The summed E-state index contributed by atoms with van der Waals surface area (Å²) in [7, 11) is 7.51. The third-order valence-corrected chi connectivity index (χ3v) is 13.6. The van der Waals surface area contributed by atoms with Crippen molar-refractivity contribution in [2.75, 3.05) is 0 Å². The monoisotopic (exact) mass is 420 g/mol. The van der Waals surface area contributed by atoms with E-state index in [9.17, 15) is 0 Å². The van der Waals surface area contributed by atoms with Crippen molar-refractivity contribution in [3.05, 3.63) is 103 Å². The van der Waals surface area contributed by atoms with Crippen LogP contribution in [0, 0.1) is 0 Å². The first-order valence-corrected chi connectivity index (χ1v) is 13.5. The van der Waals surface area contributed by atoms with E-state index in [1.54, 1.807) is 0 Å². The van der Waals surface area contributed by atoms with Crippen LogP contribution in [-0.2, 0) is 0 Å². The Hall–Kier alpha value is -2.31. The van der Waals surface area contributed by atoms with Crippen LogP contribution in [0.1, 0.15) is 0 Å². The van der Waals surface area contributed by atoms with E-state index in [0.717, 1.165) is 0 Å². The van der Waals surface area contributed by atoms with E-state index in [-0.39, 0.29) is 0 Å². The van der Waals surface area contributed by atoms with E-state index < -0.39 is 11.9 Å². The summed E-state index contributed by atoms with van der Waals surface area (Å²) >= 11 is -2.68. The van der Waals surface area contributed by atoms with E-state index in [1.165, 1.54) is 35.6 Å². The van der Waals surface area contributed by atoms with Gasteiger partial charge in [-0.3, -0.25) is 0 Å². The standard InChI is InChI=1S/C24H17ClSe/c25-26(20-16-14-19(15-17-20)18-8-2-1-3-9-18)23-12-6-4-10-21(23)22-11-5-7-13-24(22)26/h1-17H. The molecule has 0 radical (unpaired) electrons. The fourth-order valence-electron chi connectivity index (χ4n) is 3.71. The molecule has 0 aliphatic carbocycles. The average Bonchev–Trinajstić information content (AvgIpc) is 2.99. The van der Waals surface area contributed by atoms with Gasteiger partial charge in [-0.25, -0.2) is 0 Å². The predicted octanol–water partition coefficient (Wildman–Crippen LogP) is 4.54. The van der Waals surface area contributed by atoms with Crippen LogP contribution in [0.5, 0.6) is 0 Å². The van der Waals surface area contributed by atoms with E-state index in [0.29, 0.717) is 0 Å². The molecule has 0 saturated heterocycles. The topological polar surface area (TPSA) is 0 Å². The molecule has 5 rings (SSSR count). The van der Waals surface area contributed by atoms with Gasteiger partial charge in [0.15, 0.2) is 0 Å². The molecule has 4 aromatic carbocycles. The molecule has 0 amide bonds. The third-order valence-electron chi connectivity index (χ3n) is 4.96. The summed E-state index contributed by atoms with van der Waals surface area (Å²) in [6.07, 6.45) is 0. The molecule has 0 fully saturated rings. The van der Waals surface area contributed by atoms with Crippen molar-refractivity contribution in [3.63, 3.8) is 0 Å². The zero-order chi connectivity index (χ0) is 17.6. The van der Waals surface area contributed by atoms with Gasteiger partial charge in [0.25, 0.3) is 0 Å². The van der Waals surface area contributed by atoms with Crippen LogP contribution in [0.25, 0.3) is 22.3 Å². The van der Waals surface area contributed by atoms with Crippen molar-refractivity contribution in [1.82, 2.24) is 0 Å². The van der Waals surface area contributed by atoms with Gasteiger partial charge in [-0.15, -0.1) is 0 Å². The second-order valence-corrected chi connectivity index (χ2v) is 13.9. The second-order valence-electron chi connectivity index (χ2n) is 6.42. The molecule has 1 aliphatic rings. The zero-order valence-electron chi connectivity index (χ0n) is 14.1. The Morgan fingerprint density at radius 2 is 0.923 bits per heavy atom. The molecule has 2 heteroatoms. The van der Waals surface area contributed by atoms with Crippen molar-refractivity contribution in [2.45, 2.75) is 0 Å². The molecule has 1 aliphatic heterocycles. The molecular weight excluding hydrogens is 403 g/mol. The predicted molar refractivity (Wildman–Crippen MR) is 114 cm³/mol. The molecular formula is C24H17ClSe. The summed E-state index contributed by atoms with van der Waals surface area (Å²) in [5.74, 6) is 0. The van der Waals surface area contributed by atoms with Crippen LogP contribution in [0.15, 0.2) is 103 Å². The maximum atomic E-state index is 7.51. The summed E-state index contributed by atoms with van der Waals surface area (Å²) in [6.45, 7) is 0. The van der Waals surface area contributed by atoms with Gasteiger partial charge in [0.1, 0.15) is 0 Å². The molecule has 126 valence electrons. The van der Waals surface area contributed by atoms with E-state index in [4.69, 9.17) is 10.1 Å². The van der Waals surface area contributed by atoms with E-state index in [1.807, 2.05) is 6.07 Å². The van der Waals surface area contributed by atoms with Crippen LogP contribution >= 0.6 is 10.1 Å². The molecule has 0 nitrogen and oxygen atoms in total. The fourth-order valence-corrected chi connectivity index (χ4v) is 11.4. The van der Waals surface area contributed by atoms with Crippen molar-refractivity contribution in [2.24, 2.45) is 0 Å². The van der Waals surface area contributed by atoms with Crippen LogP contribution in [0.2, 0.25) is 0 Å². The van der Waals surface area contributed by atoms with Crippen molar-refractivity contribution >= 4 is 35.4 Å². The summed E-state index contributed by atoms with van der Waals surface area (Å²) in [4.78, 5) is 0. The van der Waals surface area contributed by atoms with Gasteiger partial charge < -0.3 is 0 Å². The van der Waals surface area contributed by atoms with Gasteiger partial charge in [0.05, 0.1) is 0 Å². The van der Waals surface area contributed by atoms with Crippen LogP contribution < -0.4 is 13.4 Å². The summed E-state index contributed by atoms with van der Waals surface area (Å²) < 4.78 is 3.90. The Labute approximate surface area is 160 Å². The first-order chi connectivity index (χ1) is 12.8. The molecule has 0 spiro atoms. The van der Waals surface area contributed by atoms with Crippen LogP contribution in [-0.4, -0.2) is 11.9 Å². The molecule has 0 saturated carbocycles. The normalized spacial score (nSPS) is 15.1. The van der Waals surface area contributed by atoms with Crippen molar-refractivity contribution in [1.29, 1.82) is 0 Å². The zero-order valence-corrected chi connectivity index (χ0v) is 16.6. The Kier molecular flexibility index (Phi) is 3.76. The SMILES string of the molecule is Cl[Se]1(c2ccc(-c3ccccc3)cc2)c2ccccc2-c2ccccc21. The Morgan fingerprint density at radius 3 is 1.50 bits per heavy atom. The fraction of sp³-hybridized carbons (Fsp3) is 0. The van der Waals surface area contributed by atoms with Crippen molar-refractivity contribution in [3.8, 4) is 22.3 Å². The van der Waals surface area contributed by atoms with Gasteiger partial charge >= 0.3 is 161 Å². The number of fused-ring (bicyclic) bond motifs is 3. The molecule has 26 heavy (non-hydrogen) atoms. The van der Waals surface area contributed by atoms with Crippen LogP contribution in [0.3, 0.4) is 0 Å². The molecule has 0 bridgehead atoms. The quantitative estimate of drug-likeness (QED) is 0.418. The third kappa shape index (κ3) is 2.29. The average molecular weight is 420 g/mol. The minimum atomic E-state index is -2.68. The Morgan fingerprint density at radius 1 is 0.462 bits per heavy atom. The molecule has 4 aromatic rings. The van der Waals surface area contributed by atoms with Gasteiger partial charge in [0, 0.05) is 0 Å². The molecule has 0 unspecified atom stereocenters. The number of rotatable bonds is 2. The van der Waals surface area contributed by atoms with Gasteiger partial charge in [-0.1, -0.05) is 0 Å². The molecule has 0 aromatic heterocycles. The first-order valence-electron chi connectivity index (χ1n) is 8.65. The van der Waals surface area contributed by atoms with Gasteiger partial charge in [-0.2, -0.15) is 0 Å². The minimum absolute atomic E-state index is 1.23. The summed E-state index contributed by atoms with van der Waals surface area (Å²) in [5.41, 5.74) is 5.06. The van der Waals surface area contributed by atoms with Gasteiger partial charge in [0.2, 0.25) is 0 Å². The Bertz CT molecular complexity index is 1040. The molecule has 1 heterocycles. The first kappa shape index (κ1) is 15.9. The number of benzene rings is 4. The Balaban J connectivity index is 1.68. The number of hydrogen-bond acceptors (Lipinski definition) is 0. The number of halogens is 1. The molecule has 0 N–H and O–H groups in total. The summed E-state index contributed by atoms with van der Waals surface area (Å²) in [6, 6.07) is 36.6. The summed E-state index contributed by atoms with van der Waals surface area (Å²) in [5, 5.41) is 0. The number of hydrogen-bond donors (Lipinski definition) is 0. The van der Waals surface area contributed by atoms with E-state index in [2.05, 4.69) is 97.1 Å². The van der Waals surface area contributed by atoms with Crippen molar-refractivity contribution < 1.29 is 0 Å².